The lowest BCUT2D eigenvalue weighted by molar-refractivity contribution is -0.128. The van der Waals surface area contributed by atoms with Gasteiger partial charge in [0.15, 0.2) is 5.16 Å². The van der Waals surface area contributed by atoms with Gasteiger partial charge < -0.3 is 19.5 Å². The fraction of sp³-hybridized carbons (Fsp3) is 0.381. The van der Waals surface area contributed by atoms with Gasteiger partial charge in [-0.25, -0.2) is 4.98 Å². The summed E-state index contributed by atoms with van der Waals surface area (Å²) < 4.78 is 5.21. The minimum absolute atomic E-state index is 0.0654. The quantitative estimate of drug-likeness (QED) is 0.481. The molecule has 3 aromatic rings. The molecule has 1 aliphatic rings. The molecule has 4 rings (SSSR count). The summed E-state index contributed by atoms with van der Waals surface area (Å²) in [6.45, 7) is 6.86. The number of methoxy groups -OCH3 is 1. The van der Waals surface area contributed by atoms with Crippen molar-refractivity contribution in [1.82, 2.24) is 14.9 Å². The van der Waals surface area contributed by atoms with Gasteiger partial charge in [0, 0.05) is 36.7 Å². The van der Waals surface area contributed by atoms with Crippen LogP contribution < -0.4 is 15.2 Å². The molecule has 0 atom stereocenters. The Balaban J connectivity index is 1.34. The van der Waals surface area contributed by atoms with Crippen LogP contribution in [0.4, 0.5) is 5.69 Å². The monoisotopic (exact) mass is 444 g/mol. The van der Waals surface area contributed by atoms with Crippen molar-refractivity contribution in [1.29, 1.82) is 0 Å². The van der Waals surface area contributed by atoms with Crippen LogP contribution in [0.15, 0.2) is 34.2 Å². The lowest BCUT2D eigenvalue weighted by Gasteiger charge is -2.36. The number of anilines is 1. The highest BCUT2D eigenvalue weighted by atomic mass is 32.2. The van der Waals surface area contributed by atoms with Gasteiger partial charge in [0.1, 0.15) is 10.6 Å². The van der Waals surface area contributed by atoms with Crippen LogP contribution in [0.5, 0.6) is 5.75 Å². The SMILES string of the molecule is COc1ccc(N2CCN(C(=O)CSc3nc4sc(C)c(C)c4c(=O)[nH]3)CC2)cc1. The Morgan fingerprint density at radius 3 is 2.57 bits per heavy atom. The largest absolute Gasteiger partial charge is 0.497 e. The minimum Gasteiger partial charge on any atom is -0.497 e. The van der Waals surface area contributed by atoms with Crippen LogP contribution in [0, 0.1) is 13.8 Å². The average molecular weight is 445 g/mol. The third-order valence-electron chi connectivity index (χ3n) is 5.42. The van der Waals surface area contributed by atoms with Gasteiger partial charge in [0.25, 0.3) is 5.56 Å². The fourth-order valence-electron chi connectivity index (χ4n) is 3.53. The number of carbonyl (C=O) groups is 1. The highest BCUT2D eigenvalue weighted by Gasteiger charge is 2.22. The van der Waals surface area contributed by atoms with Crippen molar-refractivity contribution in [3.05, 3.63) is 45.1 Å². The second kappa shape index (κ2) is 8.69. The normalized spacial score (nSPS) is 14.4. The van der Waals surface area contributed by atoms with Crippen molar-refractivity contribution in [3.8, 4) is 5.75 Å². The zero-order chi connectivity index (χ0) is 21.3. The summed E-state index contributed by atoms with van der Waals surface area (Å²) in [5, 5.41) is 1.15. The number of rotatable bonds is 5. The molecule has 3 heterocycles. The Hall–Kier alpha value is -2.52. The van der Waals surface area contributed by atoms with Gasteiger partial charge in [-0.05, 0) is 43.7 Å². The molecule has 1 saturated heterocycles. The van der Waals surface area contributed by atoms with E-state index in [4.69, 9.17) is 4.74 Å². The Kier molecular flexibility index (Phi) is 6.01. The molecule has 1 aromatic carbocycles. The van der Waals surface area contributed by atoms with Crippen molar-refractivity contribution in [2.45, 2.75) is 19.0 Å². The highest BCUT2D eigenvalue weighted by molar-refractivity contribution is 7.99. The summed E-state index contributed by atoms with van der Waals surface area (Å²) in [5.74, 6) is 1.17. The maximum Gasteiger partial charge on any atom is 0.260 e. The molecule has 1 aliphatic heterocycles. The number of aryl methyl sites for hydroxylation is 2. The third kappa shape index (κ3) is 4.17. The van der Waals surface area contributed by atoms with Crippen LogP contribution in [0.3, 0.4) is 0 Å². The van der Waals surface area contributed by atoms with Gasteiger partial charge in [-0.1, -0.05) is 11.8 Å². The van der Waals surface area contributed by atoms with Crippen molar-refractivity contribution in [3.63, 3.8) is 0 Å². The van der Waals surface area contributed by atoms with Crippen molar-refractivity contribution in [2.75, 3.05) is 43.9 Å². The number of aromatic nitrogens is 2. The molecule has 1 amide bonds. The molecule has 0 saturated carbocycles. The van der Waals surface area contributed by atoms with Gasteiger partial charge in [-0.2, -0.15) is 0 Å². The number of hydrogen-bond donors (Lipinski definition) is 1. The van der Waals surface area contributed by atoms with E-state index in [1.165, 1.54) is 23.1 Å². The van der Waals surface area contributed by atoms with Gasteiger partial charge in [-0.15, -0.1) is 11.3 Å². The van der Waals surface area contributed by atoms with Gasteiger partial charge in [0.05, 0.1) is 18.2 Å². The van der Waals surface area contributed by atoms with E-state index in [9.17, 15) is 9.59 Å². The second-order valence-electron chi connectivity index (χ2n) is 7.19. The Labute approximate surface area is 183 Å². The number of piperazine rings is 1. The summed E-state index contributed by atoms with van der Waals surface area (Å²) in [5.41, 5.74) is 1.98. The van der Waals surface area contributed by atoms with Gasteiger partial charge >= 0.3 is 0 Å². The van der Waals surface area contributed by atoms with Crippen molar-refractivity contribution < 1.29 is 9.53 Å². The molecule has 0 bridgehead atoms. The first-order valence-corrected chi connectivity index (χ1v) is 11.6. The van der Waals surface area contributed by atoms with Crippen LogP contribution in [0.2, 0.25) is 0 Å². The summed E-state index contributed by atoms with van der Waals surface area (Å²) in [6.07, 6.45) is 0. The number of amides is 1. The first kappa shape index (κ1) is 20.7. The number of thioether (sulfide) groups is 1. The Morgan fingerprint density at radius 2 is 1.90 bits per heavy atom. The summed E-state index contributed by atoms with van der Waals surface area (Å²) in [7, 11) is 1.66. The number of ether oxygens (including phenoxy) is 1. The third-order valence-corrected chi connectivity index (χ3v) is 7.38. The number of hydrogen-bond acceptors (Lipinski definition) is 7. The molecular formula is C21H24N4O3S2. The molecule has 1 N–H and O–H groups in total. The number of carbonyl (C=O) groups excluding carboxylic acids is 1. The smallest absolute Gasteiger partial charge is 0.260 e. The van der Waals surface area contributed by atoms with Crippen LogP contribution in [0.1, 0.15) is 10.4 Å². The average Bonchev–Trinajstić information content (AvgIpc) is 3.06. The van der Waals surface area contributed by atoms with E-state index in [-0.39, 0.29) is 17.2 Å². The molecule has 0 unspecified atom stereocenters. The van der Waals surface area contributed by atoms with E-state index >= 15 is 0 Å². The van der Waals surface area contributed by atoms with Crippen LogP contribution in [0.25, 0.3) is 10.2 Å². The molecule has 0 spiro atoms. The van der Waals surface area contributed by atoms with Crippen LogP contribution >= 0.6 is 23.1 Å². The van der Waals surface area contributed by atoms with E-state index < -0.39 is 0 Å². The zero-order valence-electron chi connectivity index (χ0n) is 17.2. The molecule has 1 fully saturated rings. The maximum atomic E-state index is 12.7. The first-order chi connectivity index (χ1) is 14.5. The van der Waals surface area contributed by atoms with Gasteiger partial charge in [-0.3, -0.25) is 9.59 Å². The zero-order valence-corrected chi connectivity index (χ0v) is 18.9. The predicted octanol–water partition coefficient (Wildman–Crippen LogP) is 3.05. The summed E-state index contributed by atoms with van der Waals surface area (Å²) in [6, 6.07) is 7.98. The minimum atomic E-state index is -0.134. The molecule has 0 radical (unpaired) electrons. The molecule has 158 valence electrons. The number of thiophene rings is 1. The van der Waals surface area contributed by atoms with E-state index in [2.05, 4.69) is 14.9 Å². The number of fused-ring (bicyclic) bond motifs is 1. The van der Waals surface area contributed by atoms with E-state index in [0.29, 0.717) is 23.6 Å². The maximum absolute atomic E-state index is 12.7. The Bertz CT molecular complexity index is 1120. The molecule has 30 heavy (non-hydrogen) atoms. The lowest BCUT2D eigenvalue weighted by Crippen LogP contribution is -2.49. The number of nitrogens with zero attached hydrogens (tertiary/aromatic N) is 3. The lowest BCUT2D eigenvalue weighted by atomic mass is 10.2. The van der Waals surface area contributed by atoms with E-state index in [1.54, 1.807) is 7.11 Å². The van der Waals surface area contributed by atoms with E-state index in [1.807, 2.05) is 43.0 Å². The van der Waals surface area contributed by atoms with E-state index in [0.717, 1.165) is 39.8 Å². The number of nitrogens with one attached hydrogen (secondary N) is 1. The first-order valence-electron chi connectivity index (χ1n) is 9.76. The summed E-state index contributed by atoms with van der Waals surface area (Å²) in [4.78, 5) is 38.4. The molecule has 7 nitrogen and oxygen atoms in total. The van der Waals surface area contributed by atoms with Gasteiger partial charge in [0.2, 0.25) is 5.91 Å². The molecule has 9 heteroatoms. The van der Waals surface area contributed by atoms with Crippen LogP contribution in [-0.4, -0.2) is 59.8 Å². The molecule has 2 aromatic heterocycles. The summed E-state index contributed by atoms with van der Waals surface area (Å²) >= 11 is 2.81. The second-order valence-corrected chi connectivity index (χ2v) is 9.36. The number of benzene rings is 1. The highest BCUT2D eigenvalue weighted by Crippen LogP contribution is 2.27. The fourth-order valence-corrected chi connectivity index (χ4v) is 5.38. The number of H-pyrrole nitrogens is 1. The topological polar surface area (TPSA) is 78.5 Å². The standard InChI is InChI=1S/C21H24N4O3S2/c1-13-14(2)30-20-18(13)19(27)22-21(23-20)29-12-17(26)25-10-8-24(9-11-25)15-4-6-16(28-3)7-5-15/h4-7H,8-12H2,1-3H3,(H,22,23,27). The molecular weight excluding hydrogens is 420 g/mol. The number of aromatic amines is 1. The Morgan fingerprint density at radius 1 is 1.20 bits per heavy atom. The molecule has 0 aliphatic carbocycles. The van der Waals surface area contributed by atoms with Crippen LogP contribution in [-0.2, 0) is 4.79 Å². The van der Waals surface area contributed by atoms with Crippen molar-refractivity contribution >= 4 is 44.9 Å². The van der Waals surface area contributed by atoms with Crippen molar-refractivity contribution in [2.24, 2.45) is 0 Å². The predicted molar refractivity (Wildman–Crippen MR) is 122 cm³/mol.